The molecule has 1 saturated carbocycles. The van der Waals surface area contributed by atoms with Crippen molar-refractivity contribution >= 4 is 0 Å². The van der Waals surface area contributed by atoms with Gasteiger partial charge in [-0.25, -0.2) is 0 Å². The summed E-state index contributed by atoms with van der Waals surface area (Å²) in [4.78, 5) is 0. The van der Waals surface area contributed by atoms with Crippen LogP contribution in [0.25, 0.3) is 0 Å². The molecule has 0 aromatic carbocycles. The van der Waals surface area contributed by atoms with Crippen molar-refractivity contribution in [2.45, 2.75) is 32.1 Å². The maximum atomic E-state index is 6.72. The maximum Gasteiger partial charge on any atom is 0.0127 e. The van der Waals surface area contributed by atoms with E-state index >= 15 is 0 Å². The topological polar surface area (TPSA) is 0 Å². The lowest BCUT2D eigenvalue weighted by atomic mass is 10.1. The first-order valence-corrected chi connectivity index (χ1v) is 3.33. The van der Waals surface area contributed by atoms with Crippen molar-refractivity contribution < 1.29 is 0 Å². The third kappa shape index (κ3) is 1.26. The fourth-order valence-corrected chi connectivity index (χ4v) is 1.36. The van der Waals surface area contributed by atoms with E-state index in [1.807, 2.05) is 0 Å². The van der Waals surface area contributed by atoms with Gasteiger partial charge in [0.05, 0.1) is 0 Å². The number of hydrogen-bond acceptors (Lipinski definition) is 0. The molecule has 1 radical (unpaired) electrons. The van der Waals surface area contributed by atoms with Crippen molar-refractivity contribution in [2.75, 3.05) is 0 Å². The molecule has 0 heteroatoms. The van der Waals surface area contributed by atoms with Crippen molar-refractivity contribution in [3.8, 4) is 5.92 Å². The summed E-state index contributed by atoms with van der Waals surface area (Å²) in [6.45, 7) is 0. The molecular weight excluding hydrogens is 96.1 g/mol. The number of hydrogen-bond donors (Lipinski definition) is 0. The van der Waals surface area contributed by atoms with Crippen LogP contribution in [0.2, 0.25) is 0 Å². The molecule has 0 aromatic heterocycles. The van der Waals surface area contributed by atoms with Crippen LogP contribution in [0.5, 0.6) is 0 Å². The van der Waals surface area contributed by atoms with Gasteiger partial charge >= 0.3 is 0 Å². The monoisotopic (exact) mass is 107 g/mol. The molecule has 8 heavy (non-hydrogen) atoms. The van der Waals surface area contributed by atoms with Crippen molar-refractivity contribution in [3.63, 3.8) is 0 Å². The fourth-order valence-electron chi connectivity index (χ4n) is 1.36. The Morgan fingerprint density at radius 1 is 1.38 bits per heavy atom. The van der Waals surface area contributed by atoms with Gasteiger partial charge in [0, 0.05) is 6.42 Å². The minimum Gasteiger partial charge on any atom is -0.0888 e. The summed E-state index contributed by atoms with van der Waals surface area (Å²) < 4.78 is 0. The highest BCUT2D eigenvalue weighted by atomic mass is 14.2. The molecule has 1 rings (SSSR count). The van der Waals surface area contributed by atoms with Crippen LogP contribution < -0.4 is 0 Å². The molecule has 0 bridgehead atoms. The van der Waals surface area contributed by atoms with Gasteiger partial charge in [0.25, 0.3) is 0 Å². The summed E-state index contributed by atoms with van der Waals surface area (Å²) in [6.07, 6.45) is 13.1. The van der Waals surface area contributed by atoms with Crippen molar-refractivity contribution in [1.82, 2.24) is 0 Å². The van der Waals surface area contributed by atoms with E-state index in [2.05, 4.69) is 5.92 Å². The molecule has 0 heterocycles. The van der Waals surface area contributed by atoms with E-state index in [-0.39, 0.29) is 0 Å². The van der Waals surface area contributed by atoms with E-state index in [1.165, 1.54) is 25.7 Å². The molecule has 0 spiro atoms. The Morgan fingerprint density at radius 3 is 2.50 bits per heavy atom. The molecule has 0 N–H and O–H groups in total. The Labute approximate surface area is 51.3 Å². The minimum atomic E-state index is 0.812. The standard InChI is InChI=1S/C8H11/c1-2-5-8-6-3-4-7-8/h8H,3-7H2. The molecule has 43 valence electrons. The van der Waals surface area contributed by atoms with Gasteiger partial charge < -0.3 is 0 Å². The summed E-state index contributed by atoms with van der Waals surface area (Å²) in [5.74, 6) is 3.27. The maximum absolute atomic E-state index is 6.72. The zero-order chi connectivity index (χ0) is 5.82. The van der Waals surface area contributed by atoms with Gasteiger partial charge in [-0.15, -0.1) is 0 Å². The lowest BCUT2D eigenvalue weighted by Gasteiger charge is -1.99. The molecule has 0 amide bonds. The molecule has 0 aliphatic heterocycles. The Kier molecular flexibility index (Phi) is 1.97. The van der Waals surface area contributed by atoms with Crippen LogP contribution >= 0.6 is 0 Å². The summed E-state index contributed by atoms with van der Waals surface area (Å²) in [6, 6.07) is 0. The van der Waals surface area contributed by atoms with E-state index in [9.17, 15) is 0 Å². The Bertz CT molecular complexity index is 91.1. The zero-order valence-corrected chi connectivity index (χ0v) is 5.11. The summed E-state index contributed by atoms with van der Waals surface area (Å²) in [7, 11) is 0. The zero-order valence-electron chi connectivity index (χ0n) is 5.11. The second kappa shape index (κ2) is 2.77. The first-order valence-electron chi connectivity index (χ1n) is 3.33. The van der Waals surface area contributed by atoms with Gasteiger partial charge in [-0.1, -0.05) is 18.8 Å². The Hall–Kier alpha value is -0.440. The Balaban J connectivity index is 2.17. The van der Waals surface area contributed by atoms with Crippen molar-refractivity contribution in [3.05, 3.63) is 6.42 Å². The predicted octanol–water partition coefficient (Wildman–Crippen LogP) is 2.16. The second-order valence-corrected chi connectivity index (χ2v) is 2.53. The van der Waals surface area contributed by atoms with Crippen LogP contribution in [0.4, 0.5) is 0 Å². The van der Waals surface area contributed by atoms with Gasteiger partial charge in [-0.2, -0.15) is 0 Å². The van der Waals surface area contributed by atoms with Crippen molar-refractivity contribution in [2.24, 2.45) is 5.92 Å². The van der Waals surface area contributed by atoms with Crippen LogP contribution in [0.15, 0.2) is 0 Å². The Morgan fingerprint density at radius 2 is 2.00 bits per heavy atom. The molecule has 0 saturated heterocycles. The second-order valence-electron chi connectivity index (χ2n) is 2.53. The quantitative estimate of drug-likeness (QED) is 0.450. The van der Waals surface area contributed by atoms with Gasteiger partial charge in [0.15, 0.2) is 0 Å². The van der Waals surface area contributed by atoms with Crippen LogP contribution in [-0.4, -0.2) is 0 Å². The first kappa shape index (κ1) is 5.69. The van der Waals surface area contributed by atoms with E-state index in [0.717, 1.165) is 12.3 Å². The SMILES string of the molecule is [C]#CCC1CCCC1. The van der Waals surface area contributed by atoms with E-state index in [1.54, 1.807) is 0 Å². The van der Waals surface area contributed by atoms with Gasteiger partial charge in [0.2, 0.25) is 0 Å². The highest BCUT2D eigenvalue weighted by molar-refractivity contribution is 4.82. The third-order valence-electron chi connectivity index (χ3n) is 1.87. The summed E-state index contributed by atoms with van der Waals surface area (Å²) in [5, 5.41) is 0. The fraction of sp³-hybridized carbons (Fsp3) is 0.750. The van der Waals surface area contributed by atoms with Crippen LogP contribution in [0.3, 0.4) is 0 Å². The minimum absolute atomic E-state index is 0.812. The predicted molar refractivity (Wildman–Crippen MR) is 33.7 cm³/mol. The first-order chi connectivity index (χ1) is 3.93. The van der Waals surface area contributed by atoms with Crippen LogP contribution in [0, 0.1) is 18.3 Å². The highest BCUT2D eigenvalue weighted by Crippen LogP contribution is 2.26. The van der Waals surface area contributed by atoms with Gasteiger partial charge in [-0.3, -0.25) is 0 Å². The summed E-state index contributed by atoms with van der Waals surface area (Å²) >= 11 is 0. The molecule has 0 unspecified atom stereocenters. The molecule has 0 nitrogen and oxygen atoms in total. The molecule has 1 aliphatic carbocycles. The lowest BCUT2D eigenvalue weighted by Crippen LogP contribution is -1.88. The molecule has 1 aliphatic rings. The molecular formula is C8H11. The highest BCUT2D eigenvalue weighted by Gasteiger charge is 2.12. The van der Waals surface area contributed by atoms with E-state index in [4.69, 9.17) is 6.42 Å². The van der Waals surface area contributed by atoms with Crippen molar-refractivity contribution in [1.29, 1.82) is 0 Å². The van der Waals surface area contributed by atoms with Gasteiger partial charge in [0.1, 0.15) is 0 Å². The van der Waals surface area contributed by atoms with Crippen LogP contribution in [-0.2, 0) is 0 Å². The third-order valence-corrected chi connectivity index (χ3v) is 1.87. The molecule has 0 atom stereocenters. The number of rotatable bonds is 1. The normalized spacial score (nSPS) is 20.9. The average Bonchev–Trinajstić information content (AvgIpc) is 2.19. The largest absolute Gasteiger partial charge is 0.0888 e. The lowest BCUT2D eigenvalue weighted by molar-refractivity contribution is 0.566. The van der Waals surface area contributed by atoms with E-state index < -0.39 is 0 Å². The smallest absolute Gasteiger partial charge is 0.0127 e. The van der Waals surface area contributed by atoms with E-state index in [0.29, 0.717) is 0 Å². The summed E-state index contributed by atoms with van der Waals surface area (Å²) in [5.41, 5.74) is 0. The van der Waals surface area contributed by atoms with Crippen LogP contribution in [0.1, 0.15) is 32.1 Å². The molecule has 0 aromatic rings. The molecule has 1 fully saturated rings. The average molecular weight is 107 g/mol. The van der Waals surface area contributed by atoms with Gasteiger partial charge in [-0.05, 0) is 25.2 Å².